The van der Waals surface area contributed by atoms with E-state index in [9.17, 15) is 9.90 Å². The average Bonchev–Trinajstić information content (AvgIpc) is 3.47. The molecule has 2 atom stereocenters. The van der Waals surface area contributed by atoms with Crippen LogP contribution in [0.5, 0.6) is 11.5 Å². The second-order valence-electron chi connectivity index (χ2n) is 9.28. The Morgan fingerprint density at radius 1 is 1.03 bits per heavy atom. The fourth-order valence-electron chi connectivity index (χ4n) is 5.27. The van der Waals surface area contributed by atoms with E-state index in [1.165, 1.54) is 24.0 Å². The number of aliphatic hydroxyl groups is 1. The smallest absolute Gasteiger partial charge is 0.220 e. The van der Waals surface area contributed by atoms with Gasteiger partial charge in [-0.15, -0.1) is 0 Å². The van der Waals surface area contributed by atoms with E-state index < -0.39 is 6.10 Å². The molecule has 2 aromatic carbocycles. The number of ether oxygens (including phenoxy) is 2. The number of hydrogen-bond acceptors (Lipinski definition) is 5. The van der Waals surface area contributed by atoms with Crippen molar-refractivity contribution in [3.05, 3.63) is 59.2 Å². The summed E-state index contributed by atoms with van der Waals surface area (Å²) in [6.07, 6.45) is 3.91. The van der Waals surface area contributed by atoms with E-state index in [-0.39, 0.29) is 11.9 Å². The van der Waals surface area contributed by atoms with Crippen LogP contribution in [-0.4, -0.2) is 54.8 Å². The molecule has 0 spiro atoms. The highest BCUT2D eigenvalue weighted by Gasteiger charge is 2.29. The minimum absolute atomic E-state index is 0.0172. The molecule has 32 heavy (non-hydrogen) atoms. The molecule has 1 fully saturated rings. The molecule has 6 nitrogen and oxygen atoms in total. The van der Waals surface area contributed by atoms with Crippen LogP contribution in [0.2, 0.25) is 0 Å². The lowest BCUT2D eigenvalue weighted by atomic mass is 9.98. The highest BCUT2D eigenvalue weighted by Crippen LogP contribution is 2.34. The van der Waals surface area contributed by atoms with Crippen molar-refractivity contribution in [2.75, 3.05) is 32.8 Å². The molecule has 1 saturated heterocycles. The van der Waals surface area contributed by atoms with Crippen LogP contribution in [-0.2, 0) is 17.6 Å². The van der Waals surface area contributed by atoms with E-state index in [2.05, 4.69) is 34.5 Å². The number of nitrogens with one attached hydrogen (secondary N) is 1. The normalized spacial score (nSPS) is 20.0. The van der Waals surface area contributed by atoms with Gasteiger partial charge in [0.2, 0.25) is 5.91 Å². The number of hydrogen-bond donors (Lipinski definition) is 2. The molecule has 2 heterocycles. The maximum Gasteiger partial charge on any atom is 0.220 e. The first-order valence-electron chi connectivity index (χ1n) is 11.8. The van der Waals surface area contributed by atoms with Crippen molar-refractivity contribution in [3.63, 3.8) is 0 Å². The van der Waals surface area contributed by atoms with Gasteiger partial charge in [-0.05, 0) is 73.5 Å². The van der Waals surface area contributed by atoms with Crippen molar-refractivity contribution in [1.29, 1.82) is 0 Å². The summed E-state index contributed by atoms with van der Waals surface area (Å²) < 4.78 is 11.3. The molecule has 2 aliphatic heterocycles. The summed E-state index contributed by atoms with van der Waals surface area (Å²) in [4.78, 5) is 15.3. The van der Waals surface area contributed by atoms with Crippen LogP contribution >= 0.6 is 0 Å². The minimum atomic E-state index is -0.809. The number of nitrogens with zero attached hydrogens (tertiary/aromatic N) is 1. The average molecular weight is 437 g/mol. The molecule has 3 aliphatic rings. The number of rotatable bonds is 7. The number of fused-ring (bicyclic) bond motifs is 2. The molecule has 170 valence electrons. The summed E-state index contributed by atoms with van der Waals surface area (Å²) in [6.45, 7) is 3.71. The molecule has 0 bridgehead atoms. The van der Waals surface area contributed by atoms with Gasteiger partial charge in [0, 0.05) is 13.0 Å². The molecular formula is C26H32N2O4. The first-order valence-corrected chi connectivity index (χ1v) is 11.8. The lowest BCUT2D eigenvalue weighted by Crippen LogP contribution is -2.47. The number of carbonyl (C=O) groups is 1. The third kappa shape index (κ3) is 4.76. The Morgan fingerprint density at radius 3 is 2.44 bits per heavy atom. The summed E-state index contributed by atoms with van der Waals surface area (Å²) in [6, 6.07) is 13.6. The van der Waals surface area contributed by atoms with E-state index in [1.54, 1.807) is 0 Å². The van der Waals surface area contributed by atoms with Gasteiger partial charge in [0.1, 0.15) is 19.3 Å². The summed E-state index contributed by atoms with van der Waals surface area (Å²) >= 11 is 0. The monoisotopic (exact) mass is 436 g/mol. The highest BCUT2D eigenvalue weighted by molar-refractivity contribution is 5.77. The van der Waals surface area contributed by atoms with Crippen LogP contribution in [0.25, 0.3) is 0 Å². The number of likely N-dealkylation sites (tertiary alicyclic amines) is 1. The van der Waals surface area contributed by atoms with Crippen LogP contribution in [0.1, 0.15) is 42.1 Å². The number of amides is 1. The van der Waals surface area contributed by atoms with Gasteiger partial charge in [-0.2, -0.15) is 0 Å². The van der Waals surface area contributed by atoms with E-state index in [4.69, 9.17) is 9.47 Å². The van der Waals surface area contributed by atoms with Gasteiger partial charge in [-0.1, -0.05) is 30.3 Å². The zero-order valence-electron chi connectivity index (χ0n) is 18.5. The van der Waals surface area contributed by atoms with Crippen LogP contribution < -0.4 is 14.8 Å². The number of aliphatic hydroxyl groups excluding tert-OH is 1. The Hall–Kier alpha value is -2.57. The quantitative estimate of drug-likeness (QED) is 0.699. The Morgan fingerprint density at radius 2 is 1.72 bits per heavy atom. The van der Waals surface area contributed by atoms with Gasteiger partial charge in [-0.3, -0.25) is 4.79 Å². The molecule has 0 radical (unpaired) electrons. The summed E-state index contributed by atoms with van der Waals surface area (Å²) in [5.41, 5.74) is 3.46. The number of carbonyl (C=O) groups excluding carboxylic acids is 1. The fourth-order valence-corrected chi connectivity index (χ4v) is 5.27. The molecule has 2 unspecified atom stereocenters. The maximum atomic E-state index is 13.0. The van der Waals surface area contributed by atoms with Gasteiger partial charge in [0.05, 0.1) is 6.04 Å². The van der Waals surface area contributed by atoms with Crippen molar-refractivity contribution in [1.82, 2.24) is 10.2 Å². The largest absolute Gasteiger partial charge is 0.486 e. The zero-order chi connectivity index (χ0) is 21.9. The van der Waals surface area contributed by atoms with Crippen LogP contribution in [0.3, 0.4) is 0 Å². The van der Waals surface area contributed by atoms with Crippen molar-refractivity contribution in [2.45, 2.75) is 44.2 Å². The van der Waals surface area contributed by atoms with Crippen LogP contribution in [0, 0.1) is 5.92 Å². The van der Waals surface area contributed by atoms with Crippen molar-refractivity contribution >= 4 is 5.91 Å². The fraction of sp³-hybridized carbons (Fsp3) is 0.500. The molecule has 6 heteroatoms. The summed E-state index contributed by atoms with van der Waals surface area (Å²) in [5.74, 6) is 1.70. The molecule has 0 aromatic heterocycles. The second-order valence-corrected chi connectivity index (χ2v) is 9.28. The summed E-state index contributed by atoms with van der Waals surface area (Å²) in [7, 11) is 0. The Bertz CT molecular complexity index is 932. The molecule has 2 aromatic rings. The zero-order valence-corrected chi connectivity index (χ0v) is 18.5. The third-order valence-electron chi connectivity index (χ3n) is 6.90. The van der Waals surface area contributed by atoms with Gasteiger partial charge in [-0.25, -0.2) is 0 Å². The molecule has 2 N–H and O–H groups in total. The Kier molecular flexibility index (Phi) is 6.32. The van der Waals surface area contributed by atoms with Crippen LogP contribution in [0.15, 0.2) is 42.5 Å². The third-order valence-corrected chi connectivity index (χ3v) is 6.90. The van der Waals surface area contributed by atoms with Gasteiger partial charge < -0.3 is 24.8 Å². The SMILES string of the molecule is O=C(CC1Cc2ccccc2C1)NC(CN1CCCC1)C(O)c1ccc2c(c1)OCCO2. The highest BCUT2D eigenvalue weighted by atomic mass is 16.6. The molecule has 0 saturated carbocycles. The molecule has 5 rings (SSSR count). The van der Waals surface area contributed by atoms with Gasteiger partial charge in [0.15, 0.2) is 11.5 Å². The summed E-state index contributed by atoms with van der Waals surface area (Å²) in [5, 5.41) is 14.4. The standard InChI is InChI=1S/C26H32N2O4/c29-25(15-18-13-19-5-1-2-6-20(19)14-18)27-22(17-28-9-3-4-10-28)26(30)21-7-8-23-24(16-21)32-12-11-31-23/h1-2,5-8,16,18,22,26,30H,3-4,9-15,17H2,(H,27,29). The lowest BCUT2D eigenvalue weighted by molar-refractivity contribution is -0.123. The van der Waals surface area contributed by atoms with Gasteiger partial charge >= 0.3 is 0 Å². The van der Waals surface area contributed by atoms with Crippen molar-refractivity contribution in [3.8, 4) is 11.5 Å². The number of benzene rings is 2. The Labute approximate surface area is 189 Å². The van der Waals surface area contributed by atoms with Crippen LogP contribution in [0.4, 0.5) is 0 Å². The van der Waals surface area contributed by atoms with Crippen molar-refractivity contribution in [2.24, 2.45) is 5.92 Å². The molecular weight excluding hydrogens is 404 g/mol. The topological polar surface area (TPSA) is 71.0 Å². The second kappa shape index (κ2) is 9.51. The van der Waals surface area contributed by atoms with Crippen molar-refractivity contribution < 1.29 is 19.4 Å². The maximum absolute atomic E-state index is 13.0. The Balaban J connectivity index is 1.27. The predicted octanol–water partition coefficient (Wildman–Crippen LogP) is 2.88. The molecule has 1 aliphatic carbocycles. The van der Waals surface area contributed by atoms with Gasteiger partial charge in [0.25, 0.3) is 0 Å². The van der Waals surface area contributed by atoms with E-state index in [1.807, 2.05) is 18.2 Å². The lowest BCUT2D eigenvalue weighted by Gasteiger charge is -2.29. The first-order chi connectivity index (χ1) is 15.7. The van der Waals surface area contributed by atoms with E-state index in [0.29, 0.717) is 43.6 Å². The minimum Gasteiger partial charge on any atom is -0.486 e. The first kappa shape index (κ1) is 21.3. The molecule has 1 amide bonds. The van der Waals surface area contributed by atoms with E-state index >= 15 is 0 Å². The predicted molar refractivity (Wildman–Crippen MR) is 122 cm³/mol. The van der Waals surface area contributed by atoms with E-state index in [0.717, 1.165) is 31.5 Å².